The molecule has 20 heteroatoms. The van der Waals surface area contributed by atoms with Crippen molar-refractivity contribution < 1.29 is 33.9 Å². The van der Waals surface area contributed by atoms with Gasteiger partial charge in [-0.25, -0.2) is 9.78 Å². The summed E-state index contributed by atoms with van der Waals surface area (Å²) in [6, 6.07) is 1.62. The summed E-state index contributed by atoms with van der Waals surface area (Å²) in [5.74, 6) is -5.29. The van der Waals surface area contributed by atoms with Crippen molar-refractivity contribution in [3.05, 3.63) is 54.2 Å². The van der Waals surface area contributed by atoms with Crippen molar-refractivity contribution in [3.8, 4) is 0 Å². The third-order valence-corrected chi connectivity index (χ3v) is 8.00. The molecule has 0 fully saturated rings. The highest BCUT2D eigenvalue weighted by atomic mass is 32.1. The Morgan fingerprint density at radius 3 is 2.27 bits per heavy atom. The maximum Gasteiger partial charge on any atom is 0.327 e. The average Bonchev–Trinajstić information content (AvgIpc) is 3.76. The lowest BCUT2D eigenvalue weighted by atomic mass is 10.1. The summed E-state index contributed by atoms with van der Waals surface area (Å²) in [5.41, 5.74) is 19.0. The predicted octanol–water partition coefficient (Wildman–Crippen LogP) is -2.85. The van der Waals surface area contributed by atoms with Crippen molar-refractivity contribution in [1.82, 2.24) is 41.5 Å². The van der Waals surface area contributed by atoms with Crippen LogP contribution in [0.15, 0.2) is 48.0 Å². The lowest BCUT2D eigenvalue weighted by Gasteiger charge is -2.25. The molecule has 2 heterocycles. The number of aliphatic imine (C=N–C) groups is 1. The Morgan fingerprint density at radius 2 is 1.61 bits per heavy atom. The van der Waals surface area contributed by atoms with Crippen molar-refractivity contribution >= 4 is 65.0 Å². The van der Waals surface area contributed by atoms with Gasteiger partial charge in [-0.1, -0.05) is 18.2 Å². The van der Waals surface area contributed by atoms with Crippen LogP contribution in [0.4, 0.5) is 0 Å². The van der Waals surface area contributed by atoms with Gasteiger partial charge in [0.15, 0.2) is 5.96 Å². The summed E-state index contributed by atoms with van der Waals surface area (Å²) in [7, 11) is 0. The summed E-state index contributed by atoms with van der Waals surface area (Å²) in [6.45, 7) is 1.04. The molecule has 0 aliphatic carbocycles. The molecule has 3 aromatic rings. The van der Waals surface area contributed by atoms with Gasteiger partial charge >= 0.3 is 5.97 Å². The van der Waals surface area contributed by atoms with E-state index < -0.39 is 72.3 Å². The molecule has 3 rings (SSSR count). The first-order valence-electron chi connectivity index (χ1n) is 15.9. The molecule has 0 saturated carbocycles. The summed E-state index contributed by atoms with van der Waals surface area (Å²) in [6.07, 6.45) is 4.98. The molecule has 5 amide bonds. The number of aromatic nitrogens is 3. The summed E-state index contributed by atoms with van der Waals surface area (Å²) in [4.78, 5) is 90.2. The molecule has 0 spiro atoms. The second-order valence-electron chi connectivity index (χ2n) is 11.6. The fourth-order valence-electron chi connectivity index (χ4n) is 4.91. The van der Waals surface area contributed by atoms with Crippen LogP contribution in [0, 0.1) is 0 Å². The monoisotopic (exact) mass is 728 g/mol. The fraction of sp³-hybridized carbons (Fsp3) is 0.419. The van der Waals surface area contributed by atoms with Crippen LogP contribution >= 0.6 is 12.6 Å². The van der Waals surface area contributed by atoms with E-state index in [9.17, 15) is 33.9 Å². The predicted molar refractivity (Wildman–Crippen MR) is 190 cm³/mol. The first-order chi connectivity index (χ1) is 24.3. The van der Waals surface area contributed by atoms with Crippen LogP contribution in [0.1, 0.15) is 31.0 Å². The van der Waals surface area contributed by atoms with E-state index in [2.05, 4.69) is 59.2 Å². The lowest BCUT2D eigenvalue weighted by molar-refractivity contribution is -0.141. The normalized spacial score (nSPS) is 13.9. The average molecular weight is 729 g/mol. The van der Waals surface area contributed by atoms with E-state index in [1.807, 2.05) is 24.3 Å². The van der Waals surface area contributed by atoms with Gasteiger partial charge in [0.1, 0.15) is 24.2 Å². The number of para-hydroxylation sites is 1. The van der Waals surface area contributed by atoms with E-state index in [1.165, 1.54) is 19.4 Å². The topological polar surface area (TPSA) is 318 Å². The van der Waals surface area contributed by atoms with Crippen LogP contribution in [-0.4, -0.2) is 111 Å². The molecule has 0 unspecified atom stereocenters. The highest BCUT2D eigenvalue weighted by Crippen LogP contribution is 2.18. The van der Waals surface area contributed by atoms with Gasteiger partial charge in [0.25, 0.3) is 0 Å². The Labute approximate surface area is 298 Å². The molecule has 276 valence electrons. The van der Waals surface area contributed by atoms with Gasteiger partial charge in [0.05, 0.1) is 18.9 Å². The number of H-pyrrole nitrogens is 2. The van der Waals surface area contributed by atoms with E-state index in [0.29, 0.717) is 5.69 Å². The van der Waals surface area contributed by atoms with Crippen molar-refractivity contribution in [2.45, 2.75) is 62.8 Å². The quantitative estimate of drug-likeness (QED) is 0.0243. The number of carbonyl (C=O) groups excluding carboxylic acids is 5. The Hall–Kier alpha value is -5.63. The number of nitrogens with one attached hydrogen (secondary N) is 7. The number of amides is 5. The number of carboxylic acids is 1. The van der Waals surface area contributed by atoms with Crippen molar-refractivity contribution in [3.63, 3.8) is 0 Å². The van der Waals surface area contributed by atoms with Gasteiger partial charge in [-0.15, -0.1) is 0 Å². The number of rotatable bonds is 20. The number of hydrogen-bond donors (Lipinski definition) is 12. The molecule has 14 N–H and O–H groups in total. The van der Waals surface area contributed by atoms with E-state index in [-0.39, 0.29) is 43.9 Å². The highest BCUT2D eigenvalue weighted by molar-refractivity contribution is 7.80. The second-order valence-corrected chi connectivity index (χ2v) is 12.0. The number of carboxylic acid groups (broad SMARTS) is 1. The molecule has 51 heavy (non-hydrogen) atoms. The highest BCUT2D eigenvalue weighted by Gasteiger charge is 2.30. The first kappa shape index (κ1) is 39.8. The van der Waals surface area contributed by atoms with Crippen molar-refractivity contribution in [2.24, 2.45) is 22.2 Å². The van der Waals surface area contributed by atoms with Crippen molar-refractivity contribution in [2.75, 3.05) is 18.8 Å². The molecule has 0 aliphatic heterocycles. The Bertz CT molecular complexity index is 1690. The molecule has 2 aromatic heterocycles. The van der Waals surface area contributed by atoms with E-state index in [1.54, 1.807) is 6.20 Å². The third-order valence-electron chi connectivity index (χ3n) is 7.63. The van der Waals surface area contributed by atoms with Crippen LogP contribution < -0.4 is 43.8 Å². The number of nitrogens with two attached hydrogens (primary N) is 3. The zero-order chi connectivity index (χ0) is 37.5. The first-order valence-corrected chi connectivity index (χ1v) is 16.6. The third kappa shape index (κ3) is 12.6. The maximum atomic E-state index is 13.5. The number of carbonyl (C=O) groups is 6. The van der Waals surface area contributed by atoms with Crippen LogP contribution in [0.3, 0.4) is 0 Å². The smallest absolute Gasteiger partial charge is 0.327 e. The molecule has 0 bridgehead atoms. The second kappa shape index (κ2) is 19.5. The summed E-state index contributed by atoms with van der Waals surface area (Å²) >= 11 is 3.95. The lowest BCUT2D eigenvalue weighted by Crippen LogP contribution is -2.58. The molecular formula is C31H44N12O7S. The van der Waals surface area contributed by atoms with Crippen LogP contribution in [0.25, 0.3) is 10.9 Å². The van der Waals surface area contributed by atoms with Gasteiger partial charge in [0, 0.05) is 47.7 Å². The Balaban J connectivity index is 1.60. The number of guanidine groups is 1. The Morgan fingerprint density at radius 1 is 0.922 bits per heavy atom. The number of aromatic amines is 2. The molecule has 0 radical (unpaired) electrons. The minimum atomic E-state index is -1.33. The number of hydrogen-bond acceptors (Lipinski definition) is 10. The number of imidazole rings is 1. The Kier molecular flexibility index (Phi) is 15.2. The molecule has 0 saturated heterocycles. The van der Waals surface area contributed by atoms with Gasteiger partial charge in [-0.3, -0.25) is 29.0 Å². The zero-order valence-corrected chi connectivity index (χ0v) is 28.7. The number of aliphatic carboxylic acids is 1. The van der Waals surface area contributed by atoms with E-state index in [0.717, 1.165) is 16.5 Å². The zero-order valence-electron chi connectivity index (χ0n) is 27.8. The maximum absolute atomic E-state index is 13.5. The number of fused-ring (bicyclic) bond motifs is 1. The summed E-state index contributed by atoms with van der Waals surface area (Å²) in [5, 5.41) is 22.7. The fourth-order valence-corrected chi connectivity index (χ4v) is 5.16. The minimum absolute atomic E-state index is 0.0155. The van der Waals surface area contributed by atoms with E-state index >= 15 is 0 Å². The summed E-state index contributed by atoms with van der Waals surface area (Å²) < 4.78 is 0. The number of thiol groups is 1. The van der Waals surface area contributed by atoms with Crippen molar-refractivity contribution in [1.29, 1.82) is 0 Å². The van der Waals surface area contributed by atoms with E-state index in [4.69, 9.17) is 17.2 Å². The van der Waals surface area contributed by atoms with Crippen LogP contribution in [0.5, 0.6) is 0 Å². The van der Waals surface area contributed by atoms with Gasteiger partial charge in [-0.2, -0.15) is 12.6 Å². The number of nitrogens with zero attached hydrogens (tertiary/aromatic N) is 2. The molecule has 19 nitrogen and oxygen atoms in total. The molecular weight excluding hydrogens is 684 g/mol. The van der Waals surface area contributed by atoms with Crippen LogP contribution in [-0.2, 0) is 41.6 Å². The SMILES string of the molecule is C[C@H](NC(=O)CNC(=O)[C@@H](N)Cc1c[nH]c2ccccc12)C(=O)N[C@@H](Cc1cnc[nH]1)C(=O)N[C@@H](CCCN=C(N)N)C(=O)N[C@@H](CS)C(=O)O. The largest absolute Gasteiger partial charge is 0.480 e. The van der Waals surface area contributed by atoms with Gasteiger partial charge in [0.2, 0.25) is 29.5 Å². The standard InChI is InChI=1S/C31H44N12O7S/c1-16(40-25(44)13-38-27(46)20(32)9-17-11-37-21-6-3-2-5-19(17)21)26(45)42-23(10-18-12-35-15-39-18)29(48)41-22(7-4-8-36-31(33)34)28(47)43-24(14-51)30(49)50/h2-3,5-6,11-12,15-16,20,22-24,37,51H,4,7-10,13-14,32H2,1H3,(H,35,39)(H,38,46)(H,40,44)(H,41,48)(H,42,45)(H,43,47)(H,49,50)(H4,33,34,36)/t16-,20-,22-,23-,24-/m0/s1. The van der Waals surface area contributed by atoms with Crippen LogP contribution in [0.2, 0.25) is 0 Å². The molecule has 5 atom stereocenters. The van der Waals surface area contributed by atoms with Gasteiger partial charge < -0.3 is 58.9 Å². The molecule has 0 aliphatic rings. The minimum Gasteiger partial charge on any atom is -0.480 e. The number of benzene rings is 1. The molecule has 1 aromatic carbocycles. The van der Waals surface area contributed by atoms with Gasteiger partial charge in [-0.05, 0) is 37.8 Å².